The first kappa shape index (κ1) is 21.0. The normalized spacial score (nSPS) is 12.1. The highest BCUT2D eigenvalue weighted by Gasteiger charge is 2.30. The average molecular weight is 403 g/mol. The highest BCUT2D eigenvalue weighted by molar-refractivity contribution is 6.31. The van der Waals surface area contributed by atoms with Gasteiger partial charge in [-0.15, -0.1) is 5.10 Å². The number of nitrogens with zero attached hydrogens (tertiary/aromatic N) is 2. The first-order chi connectivity index (χ1) is 12.3. The van der Waals surface area contributed by atoms with Crippen LogP contribution in [0.5, 0.6) is 5.88 Å². The molecule has 5 nitrogen and oxygen atoms in total. The lowest BCUT2D eigenvalue weighted by molar-refractivity contribution is -0.154. The van der Waals surface area contributed by atoms with Gasteiger partial charge in [0.1, 0.15) is 0 Å². The van der Waals surface area contributed by atoms with Crippen molar-refractivity contribution in [3.05, 3.63) is 45.2 Å². The number of rotatable bonds is 4. The molecule has 0 amide bonds. The standard InChI is InChI=1S/C18H18ClF3N2O3/c1-10(25)12-6-5-11(19)7-13(12)14-8-15(26)24(17(2,3)4)23-16(14)27-9-18(20,21)22/h5-8H,9H2,1-4H3. The van der Waals surface area contributed by atoms with E-state index in [1.807, 2.05) is 0 Å². The van der Waals surface area contributed by atoms with Gasteiger partial charge in [-0.05, 0) is 51.5 Å². The quantitative estimate of drug-likeness (QED) is 0.708. The van der Waals surface area contributed by atoms with Crippen LogP contribution in [0.25, 0.3) is 11.1 Å². The summed E-state index contributed by atoms with van der Waals surface area (Å²) >= 11 is 5.98. The van der Waals surface area contributed by atoms with Crippen LogP contribution in [0.1, 0.15) is 38.1 Å². The Morgan fingerprint density at radius 1 is 1.19 bits per heavy atom. The molecule has 0 atom stereocenters. The molecule has 1 heterocycles. The highest BCUT2D eigenvalue weighted by Crippen LogP contribution is 2.33. The van der Waals surface area contributed by atoms with Gasteiger partial charge in [-0.1, -0.05) is 11.6 Å². The molecule has 0 radical (unpaired) electrons. The van der Waals surface area contributed by atoms with Crippen LogP contribution in [0.15, 0.2) is 29.1 Å². The maximum Gasteiger partial charge on any atom is 0.422 e. The molecule has 0 unspecified atom stereocenters. The number of halogens is 4. The molecule has 2 rings (SSSR count). The largest absolute Gasteiger partial charge is 0.467 e. The van der Waals surface area contributed by atoms with E-state index in [1.165, 1.54) is 25.1 Å². The van der Waals surface area contributed by atoms with Gasteiger partial charge in [0.2, 0.25) is 5.88 Å². The van der Waals surface area contributed by atoms with Gasteiger partial charge in [-0.25, -0.2) is 4.68 Å². The zero-order chi connectivity index (χ0) is 20.6. The highest BCUT2D eigenvalue weighted by atomic mass is 35.5. The third-order valence-electron chi connectivity index (χ3n) is 3.56. The van der Waals surface area contributed by atoms with Gasteiger partial charge in [-0.2, -0.15) is 13.2 Å². The van der Waals surface area contributed by atoms with Crippen LogP contribution in [-0.4, -0.2) is 28.3 Å². The number of aromatic nitrogens is 2. The van der Waals surface area contributed by atoms with Crippen LogP contribution in [0, 0.1) is 0 Å². The van der Waals surface area contributed by atoms with Crippen LogP contribution >= 0.6 is 11.6 Å². The van der Waals surface area contributed by atoms with Crippen molar-refractivity contribution >= 4 is 17.4 Å². The number of hydrogen-bond donors (Lipinski definition) is 0. The summed E-state index contributed by atoms with van der Waals surface area (Å²) < 4.78 is 43.9. The lowest BCUT2D eigenvalue weighted by Crippen LogP contribution is -2.36. The van der Waals surface area contributed by atoms with E-state index in [4.69, 9.17) is 16.3 Å². The monoisotopic (exact) mass is 402 g/mol. The summed E-state index contributed by atoms with van der Waals surface area (Å²) in [4.78, 5) is 24.4. The molecule has 1 aromatic heterocycles. The van der Waals surface area contributed by atoms with Gasteiger partial charge in [0.15, 0.2) is 12.4 Å². The van der Waals surface area contributed by atoms with Crippen molar-refractivity contribution in [1.29, 1.82) is 0 Å². The molecule has 0 spiro atoms. The molecule has 146 valence electrons. The Kier molecular flexibility index (Phi) is 5.70. The van der Waals surface area contributed by atoms with Gasteiger partial charge in [0.05, 0.1) is 11.1 Å². The molecular weight excluding hydrogens is 385 g/mol. The van der Waals surface area contributed by atoms with Crippen LogP contribution in [0.2, 0.25) is 5.02 Å². The van der Waals surface area contributed by atoms with E-state index in [2.05, 4.69) is 5.10 Å². The summed E-state index contributed by atoms with van der Waals surface area (Å²) in [5.41, 5.74) is -1.00. The van der Waals surface area contributed by atoms with Crippen LogP contribution < -0.4 is 10.3 Å². The van der Waals surface area contributed by atoms with Crippen molar-refractivity contribution in [1.82, 2.24) is 9.78 Å². The molecule has 9 heteroatoms. The number of ketones is 1. The Balaban J connectivity index is 2.75. The first-order valence-corrected chi connectivity index (χ1v) is 8.32. The fraction of sp³-hybridized carbons (Fsp3) is 0.389. The van der Waals surface area contributed by atoms with E-state index < -0.39 is 29.8 Å². The van der Waals surface area contributed by atoms with Gasteiger partial charge in [0.25, 0.3) is 5.56 Å². The molecule has 0 aliphatic carbocycles. The Bertz CT molecular complexity index is 931. The van der Waals surface area contributed by atoms with Crippen LogP contribution in [0.3, 0.4) is 0 Å². The molecule has 0 aliphatic heterocycles. The SMILES string of the molecule is CC(=O)c1ccc(Cl)cc1-c1cc(=O)n(C(C)(C)C)nc1OCC(F)(F)F. The van der Waals surface area contributed by atoms with E-state index >= 15 is 0 Å². The van der Waals surface area contributed by atoms with Crippen molar-refractivity contribution in [2.75, 3.05) is 6.61 Å². The van der Waals surface area contributed by atoms with Crippen molar-refractivity contribution in [2.24, 2.45) is 0 Å². The minimum Gasteiger partial charge on any atom is -0.467 e. The molecule has 0 fully saturated rings. The van der Waals surface area contributed by atoms with Gasteiger partial charge in [-0.3, -0.25) is 9.59 Å². The third kappa shape index (κ3) is 5.09. The molecule has 0 aliphatic rings. The number of benzene rings is 1. The number of carbonyl (C=O) groups excluding carboxylic acids is 1. The van der Waals surface area contributed by atoms with Crippen LogP contribution in [0.4, 0.5) is 13.2 Å². The molecule has 0 bridgehead atoms. The fourth-order valence-electron chi connectivity index (χ4n) is 2.42. The predicted octanol–water partition coefficient (Wildman–Crippen LogP) is 4.46. The predicted molar refractivity (Wildman–Crippen MR) is 95.5 cm³/mol. The average Bonchev–Trinajstić information content (AvgIpc) is 2.51. The zero-order valence-corrected chi connectivity index (χ0v) is 15.9. The number of Topliss-reactive ketones (excluding diaryl/α,β-unsaturated/α-hetero) is 1. The van der Waals surface area contributed by atoms with Crippen molar-refractivity contribution in [3.63, 3.8) is 0 Å². The Morgan fingerprint density at radius 2 is 1.81 bits per heavy atom. The molecule has 0 saturated carbocycles. The fourth-order valence-corrected chi connectivity index (χ4v) is 2.59. The molecule has 27 heavy (non-hydrogen) atoms. The Hall–Kier alpha value is -2.35. The summed E-state index contributed by atoms with van der Waals surface area (Å²) in [6.45, 7) is 4.73. The lowest BCUT2D eigenvalue weighted by atomic mass is 9.98. The minimum absolute atomic E-state index is 0.0301. The smallest absolute Gasteiger partial charge is 0.422 e. The minimum atomic E-state index is -4.60. The van der Waals surface area contributed by atoms with Crippen molar-refractivity contribution < 1.29 is 22.7 Å². The van der Waals surface area contributed by atoms with Crippen molar-refractivity contribution in [3.8, 4) is 17.0 Å². The van der Waals surface area contributed by atoms with E-state index in [9.17, 15) is 22.8 Å². The molecule has 0 N–H and O–H groups in total. The first-order valence-electron chi connectivity index (χ1n) is 7.95. The van der Waals surface area contributed by atoms with Crippen LogP contribution in [-0.2, 0) is 5.54 Å². The summed E-state index contributed by atoms with van der Waals surface area (Å²) in [5.74, 6) is -0.755. The summed E-state index contributed by atoms with van der Waals surface area (Å²) in [5, 5.41) is 4.23. The second kappa shape index (κ2) is 7.34. The molecule has 0 saturated heterocycles. The maximum absolute atomic E-state index is 12.7. The molecule has 1 aromatic carbocycles. The number of ether oxygens (including phenoxy) is 1. The third-order valence-corrected chi connectivity index (χ3v) is 3.79. The number of hydrogen-bond acceptors (Lipinski definition) is 4. The summed E-state index contributed by atoms with van der Waals surface area (Å²) in [7, 11) is 0. The van der Waals surface area contributed by atoms with E-state index in [0.717, 1.165) is 10.7 Å². The Morgan fingerprint density at radius 3 is 2.33 bits per heavy atom. The Labute approximate surface area is 158 Å². The van der Waals surface area contributed by atoms with Gasteiger partial charge in [0, 0.05) is 16.7 Å². The van der Waals surface area contributed by atoms with Gasteiger partial charge < -0.3 is 4.74 Å². The number of alkyl halides is 3. The maximum atomic E-state index is 12.7. The second-order valence-corrected chi connectivity index (χ2v) is 7.37. The summed E-state index contributed by atoms with van der Waals surface area (Å²) in [6, 6.07) is 5.39. The van der Waals surface area contributed by atoms with Gasteiger partial charge >= 0.3 is 6.18 Å². The number of carbonyl (C=O) groups is 1. The van der Waals surface area contributed by atoms with E-state index in [1.54, 1.807) is 20.8 Å². The second-order valence-electron chi connectivity index (χ2n) is 6.93. The zero-order valence-electron chi connectivity index (χ0n) is 15.1. The molecule has 2 aromatic rings. The molecular formula is C18H18ClF3N2O3. The summed E-state index contributed by atoms with van der Waals surface area (Å²) in [6.07, 6.45) is -4.60. The van der Waals surface area contributed by atoms with E-state index in [-0.39, 0.29) is 27.5 Å². The van der Waals surface area contributed by atoms with Crippen molar-refractivity contribution in [2.45, 2.75) is 39.4 Å². The topological polar surface area (TPSA) is 61.2 Å². The van der Waals surface area contributed by atoms with E-state index in [0.29, 0.717) is 0 Å². The lowest BCUT2D eigenvalue weighted by Gasteiger charge is -2.23.